The van der Waals surface area contributed by atoms with Crippen LogP contribution >= 0.6 is 0 Å². The lowest BCUT2D eigenvalue weighted by Crippen LogP contribution is -1.87. The van der Waals surface area contributed by atoms with Crippen molar-refractivity contribution in [1.29, 1.82) is 0 Å². The molecule has 0 aliphatic carbocycles. The molecule has 0 unspecified atom stereocenters. The lowest BCUT2D eigenvalue weighted by atomic mass is 10.1. The molecule has 0 N–H and O–H groups in total. The van der Waals surface area contributed by atoms with E-state index in [1.165, 1.54) is 0 Å². The van der Waals surface area contributed by atoms with Gasteiger partial charge in [0.25, 0.3) is 0 Å². The van der Waals surface area contributed by atoms with Crippen molar-refractivity contribution in [1.82, 2.24) is 10.1 Å². The second-order valence-corrected chi connectivity index (χ2v) is 3.20. The number of rotatable bonds is 3. The molecule has 0 fully saturated rings. The standard InChI is InChI=1S/C10H9N5O/c1-7-9(6-13-15-11)10(14-16-7)8-3-2-4-12-5-8/h2-5H,6H2,1H3. The van der Waals surface area contributed by atoms with Gasteiger partial charge in [-0.15, -0.1) is 0 Å². The highest BCUT2D eigenvalue weighted by atomic mass is 16.5. The first-order chi connectivity index (χ1) is 7.83. The highest BCUT2D eigenvalue weighted by Crippen LogP contribution is 2.24. The summed E-state index contributed by atoms with van der Waals surface area (Å²) >= 11 is 0. The quantitative estimate of drug-likeness (QED) is 0.448. The number of aromatic nitrogens is 2. The molecule has 0 saturated heterocycles. The molecule has 0 aliphatic rings. The second kappa shape index (κ2) is 4.46. The Morgan fingerprint density at radius 2 is 2.44 bits per heavy atom. The van der Waals surface area contributed by atoms with Crippen molar-refractivity contribution in [3.05, 3.63) is 46.3 Å². The summed E-state index contributed by atoms with van der Waals surface area (Å²) in [6.07, 6.45) is 3.38. The Labute approximate surface area is 91.5 Å². The van der Waals surface area contributed by atoms with Gasteiger partial charge in [-0.2, -0.15) is 0 Å². The average molecular weight is 215 g/mol. The minimum absolute atomic E-state index is 0.232. The summed E-state index contributed by atoms with van der Waals surface area (Å²) in [6, 6.07) is 3.70. The number of azide groups is 1. The van der Waals surface area contributed by atoms with Gasteiger partial charge in [-0.25, -0.2) is 0 Å². The highest BCUT2D eigenvalue weighted by molar-refractivity contribution is 5.62. The van der Waals surface area contributed by atoms with Crippen molar-refractivity contribution >= 4 is 0 Å². The zero-order valence-corrected chi connectivity index (χ0v) is 8.66. The van der Waals surface area contributed by atoms with Crippen LogP contribution in [0, 0.1) is 6.92 Å². The molecule has 80 valence electrons. The SMILES string of the molecule is Cc1onc(-c2cccnc2)c1CN=[N+]=[N-]. The fraction of sp³-hybridized carbons (Fsp3) is 0.200. The molecule has 2 heterocycles. The Balaban J connectivity index is 2.45. The molecule has 0 radical (unpaired) electrons. The van der Waals surface area contributed by atoms with Gasteiger partial charge in [0.05, 0.1) is 6.54 Å². The molecular formula is C10H9N5O. The molecule has 2 rings (SSSR count). The Hall–Kier alpha value is -2.33. The van der Waals surface area contributed by atoms with E-state index in [4.69, 9.17) is 10.1 Å². The van der Waals surface area contributed by atoms with Crippen LogP contribution in [0.25, 0.3) is 21.7 Å². The molecule has 0 amide bonds. The van der Waals surface area contributed by atoms with E-state index in [-0.39, 0.29) is 6.54 Å². The Morgan fingerprint density at radius 1 is 1.56 bits per heavy atom. The van der Waals surface area contributed by atoms with Crippen molar-refractivity contribution in [2.75, 3.05) is 0 Å². The predicted molar refractivity (Wildman–Crippen MR) is 57.3 cm³/mol. The highest BCUT2D eigenvalue weighted by Gasteiger charge is 2.13. The summed E-state index contributed by atoms with van der Waals surface area (Å²) in [6.45, 7) is 2.02. The summed E-state index contributed by atoms with van der Waals surface area (Å²) in [7, 11) is 0. The van der Waals surface area contributed by atoms with Gasteiger partial charge >= 0.3 is 0 Å². The maximum absolute atomic E-state index is 8.31. The zero-order valence-electron chi connectivity index (χ0n) is 8.66. The van der Waals surface area contributed by atoms with Crippen LogP contribution in [0.15, 0.2) is 34.2 Å². The Kier molecular flexibility index (Phi) is 2.84. The van der Waals surface area contributed by atoms with E-state index in [1.54, 1.807) is 19.3 Å². The van der Waals surface area contributed by atoms with Gasteiger partial charge in [0, 0.05) is 28.4 Å². The minimum atomic E-state index is 0.232. The van der Waals surface area contributed by atoms with E-state index in [9.17, 15) is 0 Å². The molecule has 0 aromatic carbocycles. The third kappa shape index (κ3) is 1.87. The molecule has 2 aromatic heterocycles. The van der Waals surface area contributed by atoms with E-state index >= 15 is 0 Å². The van der Waals surface area contributed by atoms with Crippen molar-refractivity contribution in [2.24, 2.45) is 5.11 Å². The molecule has 0 bridgehead atoms. The van der Waals surface area contributed by atoms with Crippen LogP contribution in [-0.4, -0.2) is 10.1 Å². The molecule has 2 aromatic rings. The number of hydrogen-bond donors (Lipinski definition) is 0. The van der Waals surface area contributed by atoms with Crippen molar-refractivity contribution in [3.8, 4) is 11.3 Å². The zero-order chi connectivity index (χ0) is 11.4. The number of aryl methyl sites for hydroxylation is 1. The largest absolute Gasteiger partial charge is 0.361 e. The van der Waals surface area contributed by atoms with Crippen LogP contribution in [0.4, 0.5) is 0 Å². The van der Waals surface area contributed by atoms with E-state index in [0.717, 1.165) is 11.1 Å². The molecule has 6 heteroatoms. The average Bonchev–Trinajstić information content (AvgIpc) is 2.69. The van der Waals surface area contributed by atoms with Crippen LogP contribution in [0.5, 0.6) is 0 Å². The van der Waals surface area contributed by atoms with Crippen LogP contribution in [-0.2, 0) is 6.54 Å². The number of pyridine rings is 1. The minimum Gasteiger partial charge on any atom is -0.361 e. The van der Waals surface area contributed by atoms with Crippen LogP contribution in [0.3, 0.4) is 0 Å². The third-order valence-electron chi connectivity index (χ3n) is 2.21. The Bertz CT molecular complexity index is 527. The molecule has 0 atom stereocenters. The molecule has 6 nitrogen and oxygen atoms in total. The van der Waals surface area contributed by atoms with Gasteiger partial charge in [0.15, 0.2) is 0 Å². The maximum atomic E-state index is 8.31. The van der Waals surface area contributed by atoms with E-state index in [1.807, 2.05) is 12.1 Å². The van der Waals surface area contributed by atoms with Gasteiger partial charge in [-0.1, -0.05) is 10.3 Å². The fourth-order valence-corrected chi connectivity index (χ4v) is 1.41. The van der Waals surface area contributed by atoms with Crippen molar-refractivity contribution in [2.45, 2.75) is 13.5 Å². The van der Waals surface area contributed by atoms with Gasteiger partial charge in [0.2, 0.25) is 0 Å². The second-order valence-electron chi connectivity index (χ2n) is 3.20. The number of hydrogen-bond acceptors (Lipinski definition) is 4. The van der Waals surface area contributed by atoms with Gasteiger partial charge < -0.3 is 4.52 Å². The first-order valence-corrected chi connectivity index (χ1v) is 4.69. The van der Waals surface area contributed by atoms with Crippen LogP contribution < -0.4 is 0 Å². The fourth-order valence-electron chi connectivity index (χ4n) is 1.41. The van der Waals surface area contributed by atoms with E-state index < -0.39 is 0 Å². The van der Waals surface area contributed by atoms with Gasteiger partial charge in [0.1, 0.15) is 11.5 Å². The normalized spacial score (nSPS) is 9.81. The maximum Gasteiger partial charge on any atom is 0.137 e. The summed E-state index contributed by atoms with van der Waals surface area (Å²) < 4.78 is 5.09. The third-order valence-corrected chi connectivity index (χ3v) is 2.21. The van der Waals surface area contributed by atoms with Crippen LogP contribution in [0.2, 0.25) is 0 Å². The molecule has 0 saturated carbocycles. The molecule has 0 spiro atoms. The van der Waals surface area contributed by atoms with E-state index in [0.29, 0.717) is 11.5 Å². The monoisotopic (exact) mass is 215 g/mol. The topological polar surface area (TPSA) is 87.7 Å². The molecule has 0 aliphatic heterocycles. The smallest absolute Gasteiger partial charge is 0.137 e. The first-order valence-electron chi connectivity index (χ1n) is 4.69. The molecular weight excluding hydrogens is 206 g/mol. The summed E-state index contributed by atoms with van der Waals surface area (Å²) in [5.41, 5.74) is 10.6. The lowest BCUT2D eigenvalue weighted by Gasteiger charge is -1.97. The van der Waals surface area contributed by atoms with Crippen molar-refractivity contribution in [3.63, 3.8) is 0 Å². The molecule has 16 heavy (non-hydrogen) atoms. The van der Waals surface area contributed by atoms with Gasteiger partial charge in [-0.05, 0) is 24.6 Å². The van der Waals surface area contributed by atoms with Crippen molar-refractivity contribution < 1.29 is 4.52 Å². The summed E-state index contributed by atoms with van der Waals surface area (Å²) in [5.74, 6) is 0.659. The summed E-state index contributed by atoms with van der Waals surface area (Å²) in [5, 5.41) is 7.46. The number of nitrogens with zero attached hydrogens (tertiary/aromatic N) is 5. The van der Waals surface area contributed by atoms with E-state index in [2.05, 4.69) is 20.2 Å². The lowest BCUT2D eigenvalue weighted by molar-refractivity contribution is 0.398. The summed E-state index contributed by atoms with van der Waals surface area (Å²) in [4.78, 5) is 6.73. The van der Waals surface area contributed by atoms with Gasteiger partial charge in [-0.3, -0.25) is 4.98 Å². The first kappa shape index (κ1) is 10.2. The predicted octanol–water partition coefficient (Wildman–Crippen LogP) is 2.86. The Morgan fingerprint density at radius 3 is 3.12 bits per heavy atom. The van der Waals surface area contributed by atoms with Crippen LogP contribution in [0.1, 0.15) is 11.3 Å².